The van der Waals surface area contributed by atoms with Gasteiger partial charge in [-0.2, -0.15) is 0 Å². The summed E-state index contributed by atoms with van der Waals surface area (Å²) in [6.45, 7) is 5.64. The van der Waals surface area contributed by atoms with E-state index in [1.807, 2.05) is 12.1 Å². The summed E-state index contributed by atoms with van der Waals surface area (Å²) >= 11 is 0. The van der Waals surface area contributed by atoms with E-state index < -0.39 is 0 Å². The van der Waals surface area contributed by atoms with Crippen LogP contribution in [0.2, 0.25) is 0 Å². The molecule has 3 rings (SSSR count). The molecule has 2 aromatic rings. The Kier molecular flexibility index (Phi) is 5.05. The maximum Gasteiger partial charge on any atom is 0.221 e. The molecule has 120 valence electrons. The maximum absolute atomic E-state index is 11.2. The highest BCUT2D eigenvalue weighted by Gasteiger charge is 2.23. The Bertz CT molecular complexity index is 633. The third kappa shape index (κ3) is 3.97. The van der Waals surface area contributed by atoms with Crippen molar-refractivity contribution < 1.29 is 4.79 Å². The van der Waals surface area contributed by atoms with Crippen LogP contribution in [0.5, 0.6) is 0 Å². The average Bonchev–Trinajstić information content (AvgIpc) is 2.58. The van der Waals surface area contributed by atoms with Crippen LogP contribution in [0.1, 0.15) is 24.1 Å². The van der Waals surface area contributed by atoms with Crippen LogP contribution in [0.4, 0.5) is 5.69 Å². The number of amides is 1. The van der Waals surface area contributed by atoms with Gasteiger partial charge in [0, 0.05) is 38.8 Å². The molecule has 1 saturated heterocycles. The smallest absolute Gasteiger partial charge is 0.221 e. The van der Waals surface area contributed by atoms with Crippen molar-refractivity contribution in [2.45, 2.75) is 13.0 Å². The molecule has 2 N–H and O–H groups in total. The SMILES string of the molecule is CC(=O)Nc1ccc(C(c2ccccc2)N2CCNCC2)cc1. The molecule has 0 aromatic heterocycles. The molecule has 0 saturated carbocycles. The van der Waals surface area contributed by atoms with Gasteiger partial charge in [-0.15, -0.1) is 0 Å². The number of carbonyl (C=O) groups is 1. The van der Waals surface area contributed by atoms with E-state index in [-0.39, 0.29) is 11.9 Å². The van der Waals surface area contributed by atoms with Crippen LogP contribution in [0.15, 0.2) is 54.6 Å². The molecule has 1 atom stereocenters. The molecule has 23 heavy (non-hydrogen) atoms. The topological polar surface area (TPSA) is 44.4 Å². The van der Waals surface area contributed by atoms with Crippen LogP contribution < -0.4 is 10.6 Å². The molecule has 0 radical (unpaired) electrons. The van der Waals surface area contributed by atoms with Crippen LogP contribution in [-0.2, 0) is 4.79 Å². The second-order valence-corrected chi connectivity index (χ2v) is 5.90. The molecule has 0 spiro atoms. The Morgan fingerprint density at radius 1 is 1.00 bits per heavy atom. The number of hydrogen-bond acceptors (Lipinski definition) is 3. The lowest BCUT2D eigenvalue weighted by Crippen LogP contribution is -2.45. The van der Waals surface area contributed by atoms with Gasteiger partial charge in [0.1, 0.15) is 0 Å². The first-order valence-electron chi connectivity index (χ1n) is 8.11. The second kappa shape index (κ2) is 7.40. The molecule has 0 bridgehead atoms. The molecule has 1 fully saturated rings. The number of anilines is 1. The minimum Gasteiger partial charge on any atom is -0.326 e. The Hall–Kier alpha value is -2.17. The fourth-order valence-electron chi connectivity index (χ4n) is 3.14. The van der Waals surface area contributed by atoms with Crippen LogP contribution in [0.25, 0.3) is 0 Å². The predicted octanol–water partition coefficient (Wildman–Crippen LogP) is 2.64. The molecular weight excluding hydrogens is 286 g/mol. The molecule has 1 amide bonds. The normalized spacial score (nSPS) is 16.7. The molecule has 0 aliphatic carbocycles. The van der Waals surface area contributed by atoms with Gasteiger partial charge in [-0.25, -0.2) is 0 Å². The third-order valence-corrected chi connectivity index (χ3v) is 4.18. The van der Waals surface area contributed by atoms with E-state index in [0.717, 1.165) is 31.9 Å². The minimum atomic E-state index is -0.0422. The van der Waals surface area contributed by atoms with E-state index in [1.165, 1.54) is 18.1 Å². The maximum atomic E-state index is 11.2. The minimum absolute atomic E-state index is 0.0422. The fraction of sp³-hybridized carbons (Fsp3) is 0.316. The summed E-state index contributed by atoms with van der Waals surface area (Å²) in [4.78, 5) is 13.7. The zero-order chi connectivity index (χ0) is 16.1. The van der Waals surface area contributed by atoms with Gasteiger partial charge in [-0.1, -0.05) is 42.5 Å². The number of hydrogen-bond donors (Lipinski definition) is 2. The molecule has 1 heterocycles. The summed E-state index contributed by atoms with van der Waals surface area (Å²) in [6, 6.07) is 19.1. The average molecular weight is 309 g/mol. The van der Waals surface area contributed by atoms with Gasteiger partial charge in [-0.3, -0.25) is 9.69 Å². The van der Waals surface area contributed by atoms with Crippen LogP contribution in [0.3, 0.4) is 0 Å². The number of nitrogens with zero attached hydrogens (tertiary/aromatic N) is 1. The van der Waals surface area contributed by atoms with Crippen molar-refractivity contribution in [1.29, 1.82) is 0 Å². The van der Waals surface area contributed by atoms with E-state index in [1.54, 1.807) is 0 Å². The number of carbonyl (C=O) groups excluding carboxylic acids is 1. The lowest BCUT2D eigenvalue weighted by atomic mass is 9.96. The lowest BCUT2D eigenvalue weighted by molar-refractivity contribution is -0.114. The zero-order valence-corrected chi connectivity index (χ0v) is 13.5. The van der Waals surface area contributed by atoms with Crippen molar-refractivity contribution in [3.8, 4) is 0 Å². The highest BCUT2D eigenvalue weighted by atomic mass is 16.1. The van der Waals surface area contributed by atoms with Gasteiger partial charge in [0.2, 0.25) is 5.91 Å². The summed E-state index contributed by atoms with van der Waals surface area (Å²) in [7, 11) is 0. The second-order valence-electron chi connectivity index (χ2n) is 5.90. The van der Waals surface area contributed by atoms with Crippen LogP contribution in [0, 0.1) is 0 Å². The molecular formula is C19H23N3O. The van der Waals surface area contributed by atoms with E-state index in [2.05, 4.69) is 58.0 Å². The van der Waals surface area contributed by atoms with Crippen molar-refractivity contribution in [3.05, 3.63) is 65.7 Å². The van der Waals surface area contributed by atoms with Crippen molar-refractivity contribution in [2.75, 3.05) is 31.5 Å². The highest BCUT2D eigenvalue weighted by molar-refractivity contribution is 5.88. The highest BCUT2D eigenvalue weighted by Crippen LogP contribution is 2.29. The van der Waals surface area contributed by atoms with E-state index >= 15 is 0 Å². The van der Waals surface area contributed by atoms with E-state index in [4.69, 9.17) is 0 Å². The zero-order valence-electron chi connectivity index (χ0n) is 13.5. The van der Waals surface area contributed by atoms with E-state index in [0.29, 0.717) is 0 Å². The van der Waals surface area contributed by atoms with E-state index in [9.17, 15) is 4.79 Å². The largest absolute Gasteiger partial charge is 0.326 e. The Morgan fingerprint density at radius 3 is 2.22 bits per heavy atom. The summed E-state index contributed by atoms with van der Waals surface area (Å²) in [6.07, 6.45) is 0. The summed E-state index contributed by atoms with van der Waals surface area (Å²) < 4.78 is 0. The lowest BCUT2D eigenvalue weighted by Gasteiger charge is -2.35. The predicted molar refractivity (Wildman–Crippen MR) is 93.5 cm³/mol. The molecule has 4 nitrogen and oxygen atoms in total. The standard InChI is InChI=1S/C19H23N3O/c1-15(23)21-18-9-7-17(8-10-18)19(16-5-3-2-4-6-16)22-13-11-20-12-14-22/h2-10,19-20H,11-14H2,1H3,(H,21,23). The Labute approximate surface area is 137 Å². The Balaban J connectivity index is 1.89. The van der Waals surface area contributed by atoms with Crippen molar-refractivity contribution in [3.63, 3.8) is 0 Å². The van der Waals surface area contributed by atoms with Crippen molar-refractivity contribution in [1.82, 2.24) is 10.2 Å². The number of nitrogens with one attached hydrogen (secondary N) is 2. The van der Waals surface area contributed by atoms with Gasteiger partial charge in [0.25, 0.3) is 0 Å². The number of benzene rings is 2. The summed E-state index contributed by atoms with van der Waals surface area (Å²) in [5, 5.41) is 6.24. The van der Waals surface area contributed by atoms with Crippen LogP contribution >= 0.6 is 0 Å². The molecule has 1 aliphatic rings. The molecule has 4 heteroatoms. The van der Waals surface area contributed by atoms with Crippen molar-refractivity contribution in [2.24, 2.45) is 0 Å². The molecule has 1 unspecified atom stereocenters. The summed E-state index contributed by atoms with van der Waals surface area (Å²) in [5.74, 6) is -0.0422. The number of rotatable bonds is 4. The first-order chi connectivity index (χ1) is 11.2. The van der Waals surface area contributed by atoms with Crippen molar-refractivity contribution >= 4 is 11.6 Å². The first-order valence-corrected chi connectivity index (χ1v) is 8.11. The van der Waals surface area contributed by atoms with Crippen LogP contribution in [-0.4, -0.2) is 37.0 Å². The molecule has 1 aliphatic heterocycles. The van der Waals surface area contributed by atoms with Gasteiger partial charge < -0.3 is 10.6 Å². The van der Waals surface area contributed by atoms with Gasteiger partial charge in [-0.05, 0) is 23.3 Å². The quantitative estimate of drug-likeness (QED) is 0.912. The third-order valence-electron chi connectivity index (χ3n) is 4.18. The summed E-state index contributed by atoms with van der Waals surface area (Å²) in [5.41, 5.74) is 3.40. The monoisotopic (exact) mass is 309 g/mol. The van der Waals surface area contributed by atoms with Gasteiger partial charge >= 0.3 is 0 Å². The number of piperazine rings is 1. The molecule has 2 aromatic carbocycles. The Morgan fingerprint density at radius 2 is 1.61 bits per heavy atom. The first kappa shape index (κ1) is 15.7. The fourth-order valence-corrected chi connectivity index (χ4v) is 3.14. The van der Waals surface area contributed by atoms with Gasteiger partial charge in [0.15, 0.2) is 0 Å². The van der Waals surface area contributed by atoms with Gasteiger partial charge in [0.05, 0.1) is 6.04 Å².